The van der Waals surface area contributed by atoms with Crippen LogP contribution in [-0.4, -0.2) is 28.3 Å². The summed E-state index contributed by atoms with van der Waals surface area (Å²) in [5.74, 6) is 1.27. The molecule has 22 heavy (non-hydrogen) atoms. The molecule has 1 saturated heterocycles. The van der Waals surface area contributed by atoms with E-state index in [1.165, 1.54) is 6.07 Å². The van der Waals surface area contributed by atoms with Crippen molar-refractivity contribution < 1.29 is 13.2 Å². The summed E-state index contributed by atoms with van der Waals surface area (Å²) in [7, 11) is 0. The molecule has 2 aromatic heterocycles. The lowest BCUT2D eigenvalue weighted by atomic mass is 9.95. The van der Waals surface area contributed by atoms with Crippen LogP contribution in [-0.2, 0) is 6.18 Å². The van der Waals surface area contributed by atoms with Crippen molar-refractivity contribution in [2.24, 2.45) is 0 Å². The third-order valence-corrected chi connectivity index (χ3v) is 3.86. The summed E-state index contributed by atoms with van der Waals surface area (Å²) < 4.78 is 37.7. The molecule has 1 aliphatic rings. The van der Waals surface area contributed by atoms with E-state index in [0.717, 1.165) is 37.3 Å². The molecular formula is C14H16F3N5. The maximum absolute atomic E-state index is 12.6. The molecule has 0 aromatic carbocycles. The van der Waals surface area contributed by atoms with Crippen molar-refractivity contribution >= 4 is 11.6 Å². The second-order valence-electron chi connectivity index (χ2n) is 5.44. The lowest BCUT2D eigenvalue weighted by Gasteiger charge is -2.32. The lowest BCUT2D eigenvalue weighted by molar-refractivity contribution is -0.137. The molecule has 8 heteroatoms. The van der Waals surface area contributed by atoms with Crippen molar-refractivity contribution in [1.82, 2.24) is 15.2 Å². The van der Waals surface area contributed by atoms with Gasteiger partial charge in [-0.3, -0.25) is 5.10 Å². The van der Waals surface area contributed by atoms with Crippen LogP contribution in [0.1, 0.15) is 30.0 Å². The zero-order chi connectivity index (χ0) is 15.7. The van der Waals surface area contributed by atoms with Gasteiger partial charge >= 0.3 is 6.18 Å². The first-order chi connectivity index (χ1) is 10.4. The van der Waals surface area contributed by atoms with Crippen LogP contribution in [0.4, 0.5) is 24.8 Å². The topological polar surface area (TPSA) is 70.8 Å². The van der Waals surface area contributed by atoms with Crippen molar-refractivity contribution in [2.75, 3.05) is 23.7 Å². The van der Waals surface area contributed by atoms with E-state index in [9.17, 15) is 13.2 Å². The zero-order valence-corrected chi connectivity index (χ0v) is 11.8. The highest BCUT2D eigenvalue weighted by Crippen LogP contribution is 2.31. The number of nitrogen functional groups attached to an aromatic ring is 1. The summed E-state index contributed by atoms with van der Waals surface area (Å²) in [6.07, 6.45) is -1.57. The molecule has 0 amide bonds. The number of nitrogens with two attached hydrogens (primary N) is 1. The molecule has 3 rings (SSSR count). The molecule has 3 N–H and O–H groups in total. The fourth-order valence-electron chi connectivity index (χ4n) is 2.73. The fraction of sp³-hybridized carbons (Fsp3) is 0.429. The van der Waals surface area contributed by atoms with Crippen LogP contribution >= 0.6 is 0 Å². The summed E-state index contributed by atoms with van der Waals surface area (Å²) in [5.41, 5.74) is 5.79. The van der Waals surface area contributed by atoms with E-state index < -0.39 is 11.7 Å². The van der Waals surface area contributed by atoms with Gasteiger partial charge in [0.05, 0.1) is 11.3 Å². The highest BCUT2D eigenvalue weighted by Gasteiger charge is 2.31. The molecule has 0 saturated carbocycles. The number of hydrogen-bond acceptors (Lipinski definition) is 4. The normalized spacial score (nSPS) is 19.4. The minimum Gasteiger partial charge on any atom is -0.384 e. The van der Waals surface area contributed by atoms with Gasteiger partial charge < -0.3 is 10.6 Å². The van der Waals surface area contributed by atoms with Gasteiger partial charge in [0.2, 0.25) is 0 Å². The number of rotatable bonds is 2. The quantitative estimate of drug-likeness (QED) is 0.894. The summed E-state index contributed by atoms with van der Waals surface area (Å²) >= 11 is 0. The molecule has 3 heterocycles. The number of piperidine rings is 1. The number of halogens is 3. The monoisotopic (exact) mass is 311 g/mol. The number of hydrogen-bond donors (Lipinski definition) is 2. The zero-order valence-electron chi connectivity index (χ0n) is 11.8. The number of pyridine rings is 1. The summed E-state index contributed by atoms with van der Waals surface area (Å²) in [4.78, 5) is 5.94. The van der Waals surface area contributed by atoms with Gasteiger partial charge in [-0.05, 0) is 25.0 Å². The average Bonchev–Trinajstić information content (AvgIpc) is 2.93. The highest BCUT2D eigenvalue weighted by atomic mass is 19.4. The van der Waals surface area contributed by atoms with Gasteiger partial charge in [0.1, 0.15) is 11.6 Å². The molecule has 1 atom stereocenters. The van der Waals surface area contributed by atoms with E-state index in [0.29, 0.717) is 18.2 Å². The molecule has 0 radical (unpaired) electrons. The largest absolute Gasteiger partial charge is 0.417 e. The Kier molecular flexibility index (Phi) is 3.67. The molecule has 0 spiro atoms. The number of H-pyrrole nitrogens is 1. The van der Waals surface area contributed by atoms with E-state index in [1.807, 2.05) is 4.90 Å². The SMILES string of the molecule is Nc1cc(C2CCCN(c3ccc(C(F)(F)F)cn3)C2)n[nH]1. The Morgan fingerprint density at radius 1 is 1.32 bits per heavy atom. The molecule has 2 aromatic rings. The van der Waals surface area contributed by atoms with Gasteiger partial charge in [-0.25, -0.2) is 4.98 Å². The van der Waals surface area contributed by atoms with Gasteiger partial charge in [0, 0.05) is 31.3 Å². The summed E-state index contributed by atoms with van der Waals surface area (Å²) in [6.45, 7) is 1.44. The van der Waals surface area contributed by atoms with Crippen molar-refractivity contribution in [3.05, 3.63) is 35.7 Å². The summed E-state index contributed by atoms with van der Waals surface area (Å²) in [5, 5.41) is 6.88. The number of nitrogens with zero attached hydrogens (tertiary/aromatic N) is 3. The van der Waals surface area contributed by atoms with Crippen LogP contribution in [0, 0.1) is 0 Å². The van der Waals surface area contributed by atoms with Gasteiger partial charge in [0.25, 0.3) is 0 Å². The minimum atomic E-state index is -4.36. The van der Waals surface area contributed by atoms with Crippen molar-refractivity contribution in [3.8, 4) is 0 Å². The molecule has 0 bridgehead atoms. The smallest absolute Gasteiger partial charge is 0.384 e. The first kappa shape index (κ1) is 14.7. The third-order valence-electron chi connectivity index (χ3n) is 3.86. The van der Waals surface area contributed by atoms with Crippen LogP contribution in [0.2, 0.25) is 0 Å². The lowest BCUT2D eigenvalue weighted by Crippen LogP contribution is -2.35. The Balaban J connectivity index is 1.74. The second-order valence-corrected chi connectivity index (χ2v) is 5.44. The van der Waals surface area contributed by atoms with E-state index in [2.05, 4.69) is 15.2 Å². The number of anilines is 2. The van der Waals surface area contributed by atoms with Crippen molar-refractivity contribution in [1.29, 1.82) is 0 Å². The molecule has 1 fully saturated rings. The van der Waals surface area contributed by atoms with Gasteiger partial charge in [-0.2, -0.15) is 18.3 Å². The first-order valence-corrected chi connectivity index (χ1v) is 7.02. The van der Waals surface area contributed by atoms with Gasteiger partial charge in [-0.15, -0.1) is 0 Å². The Morgan fingerprint density at radius 3 is 2.73 bits per heavy atom. The van der Waals surface area contributed by atoms with Gasteiger partial charge in [0.15, 0.2) is 0 Å². The van der Waals surface area contributed by atoms with E-state index in [4.69, 9.17) is 5.73 Å². The molecule has 0 aliphatic carbocycles. The molecule has 5 nitrogen and oxygen atoms in total. The Hall–Kier alpha value is -2.25. The van der Waals surface area contributed by atoms with E-state index in [1.54, 1.807) is 6.07 Å². The van der Waals surface area contributed by atoms with Crippen molar-refractivity contribution in [3.63, 3.8) is 0 Å². The predicted molar refractivity (Wildman–Crippen MR) is 76.4 cm³/mol. The predicted octanol–water partition coefficient (Wildman–Crippen LogP) is 2.79. The minimum absolute atomic E-state index is 0.200. The van der Waals surface area contributed by atoms with Crippen LogP contribution in [0.25, 0.3) is 0 Å². The third kappa shape index (κ3) is 3.00. The Morgan fingerprint density at radius 2 is 2.14 bits per heavy atom. The number of alkyl halides is 3. The van der Waals surface area contributed by atoms with Crippen LogP contribution in [0.15, 0.2) is 24.4 Å². The van der Waals surface area contributed by atoms with Crippen LogP contribution < -0.4 is 10.6 Å². The molecule has 1 unspecified atom stereocenters. The maximum Gasteiger partial charge on any atom is 0.417 e. The van der Waals surface area contributed by atoms with E-state index in [-0.39, 0.29) is 5.92 Å². The number of nitrogens with one attached hydrogen (secondary N) is 1. The van der Waals surface area contributed by atoms with Crippen LogP contribution in [0.5, 0.6) is 0 Å². The number of aromatic nitrogens is 3. The number of aromatic amines is 1. The van der Waals surface area contributed by atoms with Gasteiger partial charge in [-0.1, -0.05) is 0 Å². The second kappa shape index (κ2) is 5.51. The van der Waals surface area contributed by atoms with E-state index >= 15 is 0 Å². The Bertz CT molecular complexity index is 635. The maximum atomic E-state index is 12.6. The highest BCUT2D eigenvalue weighted by molar-refractivity contribution is 5.42. The fourth-order valence-corrected chi connectivity index (χ4v) is 2.73. The molecular weight excluding hydrogens is 295 g/mol. The van der Waals surface area contributed by atoms with Crippen LogP contribution in [0.3, 0.4) is 0 Å². The summed E-state index contributed by atoms with van der Waals surface area (Å²) in [6, 6.07) is 4.29. The average molecular weight is 311 g/mol. The van der Waals surface area contributed by atoms with Crippen molar-refractivity contribution in [2.45, 2.75) is 24.9 Å². The first-order valence-electron chi connectivity index (χ1n) is 7.02. The standard InChI is InChI=1S/C14H16F3N5/c15-14(16,17)10-3-4-13(19-7-10)22-5-1-2-9(8-22)11-6-12(18)21-20-11/h3-4,6-7,9H,1-2,5,8H2,(H3,18,20,21). The molecule has 1 aliphatic heterocycles. The Labute approximate surface area is 125 Å². The molecule has 118 valence electrons.